The zero-order valence-electron chi connectivity index (χ0n) is 13.8. The van der Waals surface area contributed by atoms with Gasteiger partial charge in [0.15, 0.2) is 0 Å². The van der Waals surface area contributed by atoms with Crippen LogP contribution in [0.5, 0.6) is 0 Å². The molecule has 0 bridgehead atoms. The van der Waals surface area contributed by atoms with E-state index in [1.807, 2.05) is 37.3 Å². The van der Waals surface area contributed by atoms with Crippen LogP contribution in [0.25, 0.3) is 0 Å². The van der Waals surface area contributed by atoms with Gasteiger partial charge in [-0.15, -0.1) is 0 Å². The molecule has 0 heterocycles. The summed E-state index contributed by atoms with van der Waals surface area (Å²) in [6.07, 6.45) is 2.08. The van der Waals surface area contributed by atoms with Crippen molar-refractivity contribution in [2.24, 2.45) is 0 Å². The van der Waals surface area contributed by atoms with Crippen LogP contribution >= 0.6 is 0 Å². The molecule has 6 heteroatoms. The molecule has 3 rings (SSSR count). The van der Waals surface area contributed by atoms with Crippen molar-refractivity contribution in [1.82, 2.24) is 5.32 Å². The molecule has 1 fully saturated rings. The highest BCUT2D eigenvalue weighted by molar-refractivity contribution is 5.89. The van der Waals surface area contributed by atoms with Crippen LogP contribution in [0.2, 0.25) is 0 Å². The Labute approximate surface area is 145 Å². The first kappa shape index (κ1) is 16.8. The monoisotopic (exact) mass is 338 g/mol. The van der Waals surface area contributed by atoms with Crippen molar-refractivity contribution in [3.63, 3.8) is 0 Å². The van der Waals surface area contributed by atoms with Gasteiger partial charge in [0.1, 0.15) is 17.4 Å². The summed E-state index contributed by atoms with van der Waals surface area (Å²) < 4.78 is 13.7. The molecule has 128 valence electrons. The molecule has 25 heavy (non-hydrogen) atoms. The van der Waals surface area contributed by atoms with Gasteiger partial charge in [-0.1, -0.05) is 18.2 Å². The van der Waals surface area contributed by atoms with E-state index < -0.39 is 5.82 Å². The van der Waals surface area contributed by atoms with E-state index in [9.17, 15) is 9.18 Å². The summed E-state index contributed by atoms with van der Waals surface area (Å²) in [4.78, 5) is 11.7. The number of anilines is 2. The van der Waals surface area contributed by atoms with Crippen LogP contribution in [0, 0.1) is 17.1 Å². The Kier molecular flexibility index (Phi) is 4.85. The number of rotatable bonds is 5. The van der Waals surface area contributed by atoms with E-state index in [1.165, 1.54) is 6.07 Å². The molecule has 3 N–H and O–H groups in total. The molecule has 0 radical (unpaired) electrons. The van der Waals surface area contributed by atoms with Crippen molar-refractivity contribution in [3.8, 4) is 6.07 Å². The quantitative estimate of drug-likeness (QED) is 0.766. The van der Waals surface area contributed by atoms with Crippen molar-refractivity contribution >= 4 is 17.4 Å². The van der Waals surface area contributed by atoms with Crippen LogP contribution in [-0.4, -0.2) is 12.1 Å². The Morgan fingerprint density at radius 2 is 1.96 bits per heavy atom. The molecule has 5 nitrogen and oxygen atoms in total. The van der Waals surface area contributed by atoms with Crippen molar-refractivity contribution in [3.05, 3.63) is 59.4 Å². The number of benzene rings is 2. The number of hydrogen-bond acceptors (Lipinski definition) is 3. The number of carbonyl (C=O) groups excluding carboxylic acids is 1. The van der Waals surface area contributed by atoms with Crippen LogP contribution in [0.4, 0.5) is 20.6 Å². The first-order valence-electron chi connectivity index (χ1n) is 8.19. The largest absolute Gasteiger partial charge is 0.377 e. The standard InChI is InChI=1S/C19H19FN4O/c1-12(22-18-4-2-3-17(20)16(18)11-21)13-5-7-14(8-6-13)23-19(25)24-15-9-10-15/h2-8,12,15,22H,9-10H2,1H3,(H2,23,24,25). The minimum atomic E-state index is -0.541. The fourth-order valence-electron chi connectivity index (χ4n) is 2.51. The third-order valence-corrected chi connectivity index (χ3v) is 4.08. The molecule has 0 aliphatic heterocycles. The van der Waals surface area contributed by atoms with Gasteiger partial charge in [-0.2, -0.15) is 5.26 Å². The Bertz CT molecular complexity index is 809. The second kappa shape index (κ2) is 7.22. The number of nitrogens with zero attached hydrogens (tertiary/aromatic N) is 1. The summed E-state index contributed by atoms with van der Waals surface area (Å²) in [7, 11) is 0. The summed E-state index contributed by atoms with van der Waals surface area (Å²) in [5.41, 5.74) is 2.13. The van der Waals surface area contributed by atoms with E-state index in [-0.39, 0.29) is 17.6 Å². The number of urea groups is 1. The lowest BCUT2D eigenvalue weighted by atomic mass is 10.1. The number of nitriles is 1. The van der Waals surface area contributed by atoms with Crippen LogP contribution < -0.4 is 16.0 Å². The SMILES string of the molecule is CC(Nc1cccc(F)c1C#N)c1ccc(NC(=O)NC2CC2)cc1. The van der Waals surface area contributed by atoms with Crippen molar-refractivity contribution in [1.29, 1.82) is 5.26 Å². The van der Waals surface area contributed by atoms with Crippen molar-refractivity contribution in [2.75, 3.05) is 10.6 Å². The van der Waals surface area contributed by atoms with Gasteiger partial charge in [-0.25, -0.2) is 9.18 Å². The third kappa shape index (κ3) is 4.27. The predicted molar refractivity (Wildman–Crippen MR) is 94.8 cm³/mol. The van der Waals surface area contributed by atoms with Gasteiger partial charge in [0.05, 0.1) is 5.69 Å². The Morgan fingerprint density at radius 3 is 2.60 bits per heavy atom. The lowest BCUT2D eigenvalue weighted by Crippen LogP contribution is -2.30. The first-order chi connectivity index (χ1) is 12.1. The fraction of sp³-hybridized carbons (Fsp3) is 0.263. The molecule has 2 aromatic carbocycles. The number of amides is 2. The smallest absolute Gasteiger partial charge is 0.319 e. The van der Waals surface area contributed by atoms with Gasteiger partial charge in [-0.05, 0) is 49.6 Å². The lowest BCUT2D eigenvalue weighted by molar-refractivity contribution is 0.251. The summed E-state index contributed by atoms with van der Waals surface area (Å²) in [5.74, 6) is -0.541. The fourth-order valence-corrected chi connectivity index (χ4v) is 2.51. The van der Waals surface area contributed by atoms with Gasteiger partial charge in [0, 0.05) is 17.8 Å². The minimum absolute atomic E-state index is 0.00406. The molecule has 0 aromatic heterocycles. The normalized spacial score (nSPS) is 14.3. The second-order valence-corrected chi connectivity index (χ2v) is 6.13. The minimum Gasteiger partial charge on any atom is -0.377 e. The van der Waals surface area contributed by atoms with E-state index in [1.54, 1.807) is 12.1 Å². The average Bonchev–Trinajstić information content (AvgIpc) is 3.39. The Balaban J connectivity index is 1.64. The van der Waals surface area contributed by atoms with Gasteiger partial charge in [-0.3, -0.25) is 0 Å². The van der Waals surface area contributed by atoms with E-state index in [0.717, 1.165) is 18.4 Å². The van der Waals surface area contributed by atoms with Gasteiger partial charge in [0.25, 0.3) is 0 Å². The van der Waals surface area contributed by atoms with Crippen molar-refractivity contribution < 1.29 is 9.18 Å². The van der Waals surface area contributed by atoms with Crippen LogP contribution in [0.3, 0.4) is 0 Å². The number of halogens is 1. The van der Waals surface area contributed by atoms with Crippen LogP contribution in [0.15, 0.2) is 42.5 Å². The maximum Gasteiger partial charge on any atom is 0.319 e. The van der Waals surface area contributed by atoms with Crippen molar-refractivity contribution in [2.45, 2.75) is 31.8 Å². The predicted octanol–water partition coefficient (Wildman–Crippen LogP) is 4.15. The zero-order chi connectivity index (χ0) is 17.8. The molecule has 2 aromatic rings. The molecular weight excluding hydrogens is 319 g/mol. The molecule has 0 saturated heterocycles. The molecule has 1 aliphatic carbocycles. The van der Waals surface area contributed by atoms with E-state index in [0.29, 0.717) is 17.4 Å². The molecule has 0 spiro atoms. The average molecular weight is 338 g/mol. The van der Waals surface area contributed by atoms with Gasteiger partial charge >= 0.3 is 6.03 Å². The molecule has 1 saturated carbocycles. The zero-order valence-corrected chi connectivity index (χ0v) is 13.8. The number of hydrogen-bond donors (Lipinski definition) is 3. The molecule has 1 unspecified atom stereocenters. The topological polar surface area (TPSA) is 77.0 Å². The maximum absolute atomic E-state index is 13.7. The van der Waals surface area contributed by atoms with Gasteiger partial charge in [0.2, 0.25) is 0 Å². The summed E-state index contributed by atoms with van der Waals surface area (Å²) in [6.45, 7) is 1.92. The van der Waals surface area contributed by atoms with Crippen LogP contribution in [0.1, 0.15) is 36.9 Å². The molecule has 1 atom stereocenters. The summed E-state index contributed by atoms with van der Waals surface area (Å²) in [5, 5.41) is 17.9. The summed E-state index contributed by atoms with van der Waals surface area (Å²) >= 11 is 0. The molecule has 2 amide bonds. The van der Waals surface area contributed by atoms with Crippen LogP contribution in [-0.2, 0) is 0 Å². The summed E-state index contributed by atoms with van der Waals surface area (Å²) in [6, 6.07) is 13.8. The Morgan fingerprint density at radius 1 is 1.24 bits per heavy atom. The number of carbonyl (C=O) groups is 1. The molecule has 1 aliphatic rings. The number of nitrogens with one attached hydrogen (secondary N) is 3. The highest BCUT2D eigenvalue weighted by Gasteiger charge is 2.23. The second-order valence-electron chi connectivity index (χ2n) is 6.13. The molecular formula is C19H19FN4O. The lowest BCUT2D eigenvalue weighted by Gasteiger charge is -2.17. The van der Waals surface area contributed by atoms with E-state index in [2.05, 4.69) is 16.0 Å². The highest BCUT2D eigenvalue weighted by Crippen LogP contribution is 2.25. The van der Waals surface area contributed by atoms with E-state index in [4.69, 9.17) is 5.26 Å². The Hall–Kier alpha value is -3.07. The maximum atomic E-state index is 13.7. The third-order valence-electron chi connectivity index (χ3n) is 4.08. The van der Waals surface area contributed by atoms with Gasteiger partial charge < -0.3 is 16.0 Å². The van der Waals surface area contributed by atoms with E-state index >= 15 is 0 Å². The first-order valence-corrected chi connectivity index (χ1v) is 8.19. The highest BCUT2D eigenvalue weighted by atomic mass is 19.1.